The van der Waals surface area contributed by atoms with Crippen molar-refractivity contribution < 1.29 is 4.79 Å². The van der Waals surface area contributed by atoms with Crippen LogP contribution in [0.15, 0.2) is 48.7 Å². The van der Waals surface area contributed by atoms with Gasteiger partial charge in [-0.1, -0.05) is 6.07 Å². The van der Waals surface area contributed by atoms with Crippen LogP contribution in [-0.4, -0.2) is 24.0 Å². The Hall–Kier alpha value is -2.36. The van der Waals surface area contributed by atoms with Crippen LogP contribution >= 0.6 is 0 Å². The summed E-state index contributed by atoms with van der Waals surface area (Å²) in [4.78, 5) is 18.4. The summed E-state index contributed by atoms with van der Waals surface area (Å²) < 4.78 is 0. The highest BCUT2D eigenvalue weighted by Gasteiger charge is 2.07. The summed E-state index contributed by atoms with van der Waals surface area (Å²) in [5.74, 6) is 0.417. The van der Waals surface area contributed by atoms with E-state index in [-0.39, 0.29) is 5.91 Å². The largest absolute Gasteiger partial charge is 0.372 e. The molecule has 0 aliphatic heterocycles. The molecule has 4 nitrogen and oxygen atoms in total. The number of anilines is 2. The van der Waals surface area contributed by atoms with Crippen molar-refractivity contribution in [3.05, 3.63) is 54.2 Å². The Morgan fingerprint density at radius 1 is 1.10 bits per heavy atom. The lowest BCUT2D eigenvalue weighted by Gasteiger charge is -2.21. The number of carbonyl (C=O) groups excluding carboxylic acids is 1. The predicted octanol–water partition coefficient (Wildman–Crippen LogP) is 3.18. The van der Waals surface area contributed by atoms with Crippen molar-refractivity contribution in [3.63, 3.8) is 0 Å². The fourth-order valence-electron chi connectivity index (χ4n) is 2.04. The highest BCUT2D eigenvalue weighted by Crippen LogP contribution is 2.15. The van der Waals surface area contributed by atoms with Crippen molar-refractivity contribution in [1.29, 1.82) is 0 Å². The third-order valence-corrected chi connectivity index (χ3v) is 3.16. The van der Waals surface area contributed by atoms with Gasteiger partial charge >= 0.3 is 0 Å². The molecule has 1 N–H and O–H groups in total. The van der Waals surface area contributed by atoms with Gasteiger partial charge in [-0.25, -0.2) is 4.98 Å². The van der Waals surface area contributed by atoms with E-state index in [1.165, 1.54) is 0 Å². The zero-order valence-corrected chi connectivity index (χ0v) is 11.8. The van der Waals surface area contributed by atoms with Gasteiger partial charge in [-0.2, -0.15) is 0 Å². The minimum absolute atomic E-state index is 0.144. The van der Waals surface area contributed by atoms with E-state index in [0.717, 1.165) is 18.8 Å². The van der Waals surface area contributed by atoms with Crippen LogP contribution in [0.2, 0.25) is 0 Å². The molecule has 2 rings (SSSR count). The van der Waals surface area contributed by atoms with Crippen LogP contribution in [0.1, 0.15) is 24.2 Å². The van der Waals surface area contributed by atoms with Crippen LogP contribution in [-0.2, 0) is 0 Å². The highest BCUT2D eigenvalue weighted by molar-refractivity contribution is 6.03. The molecule has 0 fully saturated rings. The molecule has 104 valence electrons. The highest BCUT2D eigenvalue weighted by atomic mass is 16.1. The molecule has 20 heavy (non-hydrogen) atoms. The van der Waals surface area contributed by atoms with Crippen molar-refractivity contribution in [2.45, 2.75) is 13.8 Å². The van der Waals surface area contributed by atoms with Gasteiger partial charge in [0.2, 0.25) is 0 Å². The molecule has 0 saturated carbocycles. The van der Waals surface area contributed by atoms with E-state index in [1.807, 2.05) is 36.4 Å². The van der Waals surface area contributed by atoms with Crippen LogP contribution < -0.4 is 10.2 Å². The standard InChI is InChI=1S/C16H19N3O/c1-3-19(4-2)14-10-8-13(9-11-14)16(20)18-15-7-5-6-12-17-15/h5-12H,3-4H2,1-2H3,(H,17,18,20). The number of amides is 1. The van der Waals surface area contributed by atoms with Crippen molar-refractivity contribution in [2.24, 2.45) is 0 Å². The second kappa shape index (κ2) is 6.70. The molecule has 0 spiro atoms. The summed E-state index contributed by atoms with van der Waals surface area (Å²) in [7, 11) is 0. The average molecular weight is 269 g/mol. The van der Waals surface area contributed by atoms with Gasteiger partial charge < -0.3 is 10.2 Å². The van der Waals surface area contributed by atoms with Crippen molar-refractivity contribution in [3.8, 4) is 0 Å². The topological polar surface area (TPSA) is 45.2 Å². The maximum atomic E-state index is 12.1. The number of aromatic nitrogens is 1. The third-order valence-electron chi connectivity index (χ3n) is 3.16. The van der Waals surface area contributed by atoms with E-state index in [4.69, 9.17) is 0 Å². The quantitative estimate of drug-likeness (QED) is 0.906. The third kappa shape index (κ3) is 3.35. The van der Waals surface area contributed by atoms with Gasteiger partial charge in [0.15, 0.2) is 0 Å². The molecule has 1 aromatic carbocycles. The number of hydrogen-bond acceptors (Lipinski definition) is 3. The molecule has 1 heterocycles. The van der Waals surface area contributed by atoms with Gasteiger partial charge in [0.1, 0.15) is 5.82 Å². The van der Waals surface area contributed by atoms with Gasteiger partial charge in [-0.3, -0.25) is 4.79 Å². The van der Waals surface area contributed by atoms with E-state index >= 15 is 0 Å². The Kier molecular flexibility index (Phi) is 4.71. The van der Waals surface area contributed by atoms with Crippen LogP contribution in [0.5, 0.6) is 0 Å². The van der Waals surface area contributed by atoms with Gasteiger partial charge in [0, 0.05) is 30.5 Å². The van der Waals surface area contributed by atoms with E-state index in [1.54, 1.807) is 12.3 Å². The first-order valence-corrected chi connectivity index (χ1v) is 6.82. The van der Waals surface area contributed by atoms with Crippen LogP contribution in [0.4, 0.5) is 11.5 Å². The predicted molar refractivity (Wildman–Crippen MR) is 82.2 cm³/mol. The maximum absolute atomic E-state index is 12.1. The van der Waals surface area contributed by atoms with Gasteiger partial charge in [-0.05, 0) is 50.2 Å². The monoisotopic (exact) mass is 269 g/mol. The summed E-state index contributed by atoms with van der Waals surface area (Å²) in [5.41, 5.74) is 1.76. The number of benzene rings is 1. The second-order valence-corrected chi connectivity index (χ2v) is 4.39. The zero-order valence-electron chi connectivity index (χ0n) is 11.8. The maximum Gasteiger partial charge on any atom is 0.256 e. The number of nitrogens with one attached hydrogen (secondary N) is 1. The first kappa shape index (κ1) is 14.1. The van der Waals surface area contributed by atoms with Crippen molar-refractivity contribution in [2.75, 3.05) is 23.3 Å². The molecule has 1 amide bonds. The van der Waals surface area contributed by atoms with Crippen LogP contribution in [0.3, 0.4) is 0 Å². The molecule has 4 heteroatoms. The SMILES string of the molecule is CCN(CC)c1ccc(C(=O)Nc2ccccn2)cc1. The zero-order chi connectivity index (χ0) is 14.4. The molecule has 1 aromatic heterocycles. The van der Waals surface area contributed by atoms with E-state index in [9.17, 15) is 4.79 Å². The normalized spacial score (nSPS) is 10.1. The smallest absolute Gasteiger partial charge is 0.256 e. The summed E-state index contributed by atoms with van der Waals surface area (Å²) in [6.45, 7) is 6.14. The van der Waals surface area contributed by atoms with Gasteiger partial charge in [0.05, 0.1) is 0 Å². The lowest BCUT2D eigenvalue weighted by molar-refractivity contribution is 0.102. The molecule has 0 unspecified atom stereocenters. The number of pyridine rings is 1. The first-order chi connectivity index (χ1) is 9.74. The number of nitrogens with zero attached hydrogens (tertiary/aromatic N) is 2. The van der Waals surface area contributed by atoms with E-state index < -0.39 is 0 Å². The summed E-state index contributed by atoms with van der Waals surface area (Å²) in [5, 5.41) is 2.77. The molecule has 0 atom stereocenters. The Bertz CT molecular complexity index is 548. The molecule has 2 aromatic rings. The lowest BCUT2D eigenvalue weighted by Crippen LogP contribution is -2.21. The lowest BCUT2D eigenvalue weighted by atomic mass is 10.2. The molecule has 0 aliphatic carbocycles. The Balaban J connectivity index is 2.08. The summed E-state index contributed by atoms with van der Waals surface area (Å²) in [6, 6.07) is 13.0. The fourth-order valence-corrected chi connectivity index (χ4v) is 2.04. The Morgan fingerprint density at radius 2 is 1.80 bits per heavy atom. The molecule has 0 bridgehead atoms. The number of rotatable bonds is 5. The van der Waals surface area contributed by atoms with Gasteiger partial charge in [0.25, 0.3) is 5.91 Å². The minimum Gasteiger partial charge on any atom is -0.372 e. The molecule has 0 saturated heterocycles. The summed E-state index contributed by atoms with van der Waals surface area (Å²) >= 11 is 0. The molecular weight excluding hydrogens is 250 g/mol. The van der Waals surface area contributed by atoms with Crippen LogP contribution in [0.25, 0.3) is 0 Å². The Morgan fingerprint density at radius 3 is 2.35 bits per heavy atom. The average Bonchev–Trinajstić information content (AvgIpc) is 2.50. The molecular formula is C16H19N3O. The number of hydrogen-bond donors (Lipinski definition) is 1. The summed E-state index contributed by atoms with van der Waals surface area (Å²) in [6.07, 6.45) is 1.65. The van der Waals surface area contributed by atoms with Crippen molar-refractivity contribution in [1.82, 2.24) is 4.98 Å². The first-order valence-electron chi connectivity index (χ1n) is 6.82. The van der Waals surface area contributed by atoms with E-state index in [2.05, 4.69) is 29.0 Å². The molecule has 0 aliphatic rings. The molecule has 0 radical (unpaired) electrons. The fraction of sp³-hybridized carbons (Fsp3) is 0.250. The number of carbonyl (C=O) groups is 1. The second-order valence-electron chi connectivity index (χ2n) is 4.39. The van der Waals surface area contributed by atoms with Crippen molar-refractivity contribution >= 4 is 17.4 Å². The van der Waals surface area contributed by atoms with E-state index in [0.29, 0.717) is 11.4 Å². The minimum atomic E-state index is -0.144. The van der Waals surface area contributed by atoms with Gasteiger partial charge in [-0.15, -0.1) is 0 Å². The van der Waals surface area contributed by atoms with Crippen LogP contribution in [0, 0.1) is 0 Å². The Labute approximate surface area is 119 Å².